The molecule has 3 heterocycles. The molecule has 3 rings (SSSR count). The van der Waals surface area contributed by atoms with E-state index in [1.54, 1.807) is 18.6 Å². The van der Waals surface area contributed by atoms with E-state index in [9.17, 15) is 0 Å². The molecule has 20 heavy (non-hydrogen) atoms. The van der Waals surface area contributed by atoms with Gasteiger partial charge in [-0.3, -0.25) is 4.98 Å². The Morgan fingerprint density at radius 3 is 2.85 bits per heavy atom. The molecule has 3 aromatic heterocycles. The third-order valence-electron chi connectivity index (χ3n) is 2.63. The maximum atomic E-state index is 5.62. The summed E-state index contributed by atoms with van der Waals surface area (Å²) in [5.74, 6) is 0.456. The van der Waals surface area contributed by atoms with Crippen molar-refractivity contribution in [3.8, 4) is 17.1 Å². The normalized spacial score (nSPS) is 10.7. The average molecular weight is 268 g/mol. The number of ether oxygens (including phenoxy) is 1. The van der Waals surface area contributed by atoms with Crippen molar-refractivity contribution in [2.75, 3.05) is 12.3 Å². The highest BCUT2D eigenvalue weighted by Crippen LogP contribution is 2.23. The molecule has 0 aliphatic heterocycles. The molecule has 0 aromatic carbocycles. The third kappa shape index (κ3) is 2.20. The summed E-state index contributed by atoms with van der Waals surface area (Å²) in [5, 5.41) is 0. The summed E-state index contributed by atoms with van der Waals surface area (Å²) in [6.45, 7) is 2.33. The van der Waals surface area contributed by atoms with E-state index in [1.807, 2.05) is 19.1 Å². The van der Waals surface area contributed by atoms with Crippen LogP contribution in [-0.2, 0) is 0 Å². The van der Waals surface area contributed by atoms with E-state index in [4.69, 9.17) is 10.5 Å². The monoisotopic (exact) mass is 268 g/mol. The first-order valence-corrected chi connectivity index (χ1v) is 6.11. The van der Waals surface area contributed by atoms with Crippen LogP contribution in [0.3, 0.4) is 0 Å². The molecular formula is C13H12N6O. The predicted octanol–water partition coefficient (Wildman–Crippen LogP) is 1.46. The van der Waals surface area contributed by atoms with Crippen LogP contribution in [0.1, 0.15) is 6.92 Å². The van der Waals surface area contributed by atoms with Crippen LogP contribution in [-0.4, -0.2) is 31.5 Å². The third-order valence-corrected chi connectivity index (χ3v) is 2.63. The number of nitrogen functional groups attached to an aromatic ring is 1. The predicted molar refractivity (Wildman–Crippen MR) is 73.9 cm³/mol. The molecule has 0 amide bonds. The van der Waals surface area contributed by atoms with Crippen LogP contribution in [0.25, 0.3) is 22.4 Å². The second kappa shape index (κ2) is 5.04. The minimum atomic E-state index is 0.115. The van der Waals surface area contributed by atoms with Crippen molar-refractivity contribution in [2.24, 2.45) is 0 Å². The van der Waals surface area contributed by atoms with Crippen molar-refractivity contribution in [3.05, 3.63) is 30.7 Å². The van der Waals surface area contributed by atoms with E-state index in [1.165, 1.54) is 0 Å². The number of nitrogens with zero attached hydrogens (tertiary/aromatic N) is 5. The molecule has 0 atom stereocenters. The molecule has 3 aromatic rings. The highest BCUT2D eigenvalue weighted by molar-refractivity contribution is 5.79. The van der Waals surface area contributed by atoms with Crippen molar-refractivity contribution < 1.29 is 4.74 Å². The lowest BCUT2D eigenvalue weighted by Gasteiger charge is -2.07. The van der Waals surface area contributed by atoms with E-state index >= 15 is 0 Å². The van der Waals surface area contributed by atoms with Gasteiger partial charge in [0.15, 0.2) is 11.2 Å². The Kier molecular flexibility index (Phi) is 3.08. The molecule has 0 fully saturated rings. The van der Waals surface area contributed by atoms with Gasteiger partial charge in [-0.25, -0.2) is 9.97 Å². The molecule has 0 saturated heterocycles. The second-order valence-corrected chi connectivity index (χ2v) is 3.99. The van der Waals surface area contributed by atoms with Crippen molar-refractivity contribution in [2.45, 2.75) is 6.92 Å². The van der Waals surface area contributed by atoms with Gasteiger partial charge in [-0.05, 0) is 19.1 Å². The van der Waals surface area contributed by atoms with E-state index in [-0.39, 0.29) is 5.95 Å². The maximum Gasteiger partial charge on any atom is 0.247 e. The number of anilines is 1. The minimum Gasteiger partial charge on any atom is -0.476 e. The highest BCUT2D eigenvalue weighted by Gasteiger charge is 2.11. The second-order valence-electron chi connectivity index (χ2n) is 3.99. The number of rotatable bonds is 3. The van der Waals surface area contributed by atoms with Gasteiger partial charge in [-0.1, -0.05) is 0 Å². The molecule has 0 aliphatic rings. The molecule has 100 valence electrons. The lowest BCUT2D eigenvalue weighted by atomic mass is 10.2. The Bertz CT molecular complexity index is 746. The number of nitrogens with two attached hydrogens (primary N) is 1. The largest absolute Gasteiger partial charge is 0.476 e. The quantitative estimate of drug-likeness (QED) is 0.767. The van der Waals surface area contributed by atoms with Crippen LogP contribution < -0.4 is 10.5 Å². The van der Waals surface area contributed by atoms with Crippen LogP contribution in [0.2, 0.25) is 0 Å². The zero-order valence-corrected chi connectivity index (χ0v) is 10.8. The summed E-state index contributed by atoms with van der Waals surface area (Å²) < 4.78 is 5.44. The zero-order valence-electron chi connectivity index (χ0n) is 10.8. The smallest absolute Gasteiger partial charge is 0.247 e. The summed E-state index contributed by atoms with van der Waals surface area (Å²) in [4.78, 5) is 20.9. The Balaban J connectivity index is 2.19. The summed E-state index contributed by atoms with van der Waals surface area (Å²) in [6.07, 6.45) is 5.04. The molecule has 2 N–H and O–H groups in total. The molecule has 0 radical (unpaired) electrons. The van der Waals surface area contributed by atoms with Crippen molar-refractivity contribution in [3.63, 3.8) is 0 Å². The van der Waals surface area contributed by atoms with Crippen LogP contribution in [0.5, 0.6) is 5.88 Å². The van der Waals surface area contributed by atoms with Gasteiger partial charge in [0.2, 0.25) is 11.8 Å². The number of pyridine rings is 1. The molecule has 7 heteroatoms. The topological polar surface area (TPSA) is 99.7 Å². The molecule has 0 saturated carbocycles. The van der Waals surface area contributed by atoms with Gasteiger partial charge < -0.3 is 10.5 Å². The number of fused-ring (bicyclic) bond motifs is 1. The Labute approximate surface area is 114 Å². The van der Waals surface area contributed by atoms with E-state index in [2.05, 4.69) is 24.9 Å². The lowest BCUT2D eigenvalue weighted by molar-refractivity contribution is 0.330. The number of hydrogen-bond donors (Lipinski definition) is 1. The van der Waals surface area contributed by atoms with Crippen LogP contribution in [0.15, 0.2) is 30.7 Å². The minimum absolute atomic E-state index is 0.115. The fourth-order valence-electron chi connectivity index (χ4n) is 1.79. The SMILES string of the molecule is CCOc1nc(N)nc2ncc(-c3cccnc3)nc12. The first kappa shape index (κ1) is 12.2. The number of hydrogen-bond acceptors (Lipinski definition) is 7. The van der Waals surface area contributed by atoms with E-state index in [0.29, 0.717) is 29.3 Å². The van der Waals surface area contributed by atoms with Gasteiger partial charge in [0.05, 0.1) is 18.5 Å². The summed E-state index contributed by atoms with van der Waals surface area (Å²) in [6, 6.07) is 3.74. The lowest BCUT2D eigenvalue weighted by Crippen LogP contribution is -2.04. The molecule has 7 nitrogen and oxygen atoms in total. The number of aromatic nitrogens is 5. The molecular weight excluding hydrogens is 256 g/mol. The fraction of sp³-hybridized carbons (Fsp3) is 0.154. The van der Waals surface area contributed by atoms with Gasteiger partial charge in [-0.15, -0.1) is 0 Å². The standard InChI is InChI=1S/C13H12N6O/c1-2-20-12-10-11(18-13(14)19-12)16-7-9(17-10)8-4-3-5-15-6-8/h3-7H,2H2,1H3,(H2,14,16,18,19). The highest BCUT2D eigenvalue weighted by atomic mass is 16.5. The van der Waals surface area contributed by atoms with E-state index < -0.39 is 0 Å². The fourth-order valence-corrected chi connectivity index (χ4v) is 1.79. The van der Waals surface area contributed by atoms with Crippen molar-refractivity contribution in [1.82, 2.24) is 24.9 Å². The molecule has 0 aliphatic carbocycles. The maximum absolute atomic E-state index is 5.62. The van der Waals surface area contributed by atoms with Crippen molar-refractivity contribution >= 4 is 17.1 Å². The van der Waals surface area contributed by atoms with Gasteiger partial charge >= 0.3 is 0 Å². The van der Waals surface area contributed by atoms with Crippen LogP contribution in [0.4, 0.5) is 5.95 Å². The Morgan fingerprint density at radius 2 is 2.10 bits per heavy atom. The van der Waals surface area contributed by atoms with E-state index in [0.717, 1.165) is 5.56 Å². The van der Waals surface area contributed by atoms with Gasteiger partial charge in [0.25, 0.3) is 0 Å². The Hall–Kier alpha value is -2.83. The summed E-state index contributed by atoms with van der Waals surface area (Å²) >= 11 is 0. The van der Waals surface area contributed by atoms with Crippen LogP contribution in [0, 0.1) is 0 Å². The van der Waals surface area contributed by atoms with Crippen molar-refractivity contribution in [1.29, 1.82) is 0 Å². The summed E-state index contributed by atoms with van der Waals surface area (Å²) in [5.41, 5.74) is 8.07. The molecule has 0 unspecified atom stereocenters. The Morgan fingerprint density at radius 1 is 1.20 bits per heavy atom. The first-order chi connectivity index (χ1) is 9.78. The van der Waals surface area contributed by atoms with Crippen LogP contribution >= 0.6 is 0 Å². The average Bonchev–Trinajstić information content (AvgIpc) is 2.48. The molecule has 0 bridgehead atoms. The molecule has 0 spiro atoms. The summed E-state index contributed by atoms with van der Waals surface area (Å²) in [7, 11) is 0. The van der Waals surface area contributed by atoms with Gasteiger partial charge in [0, 0.05) is 18.0 Å². The first-order valence-electron chi connectivity index (χ1n) is 6.11. The van der Waals surface area contributed by atoms with Gasteiger partial charge in [-0.2, -0.15) is 9.97 Å². The zero-order chi connectivity index (χ0) is 13.9. The van der Waals surface area contributed by atoms with Gasteiger partial charge in [0.1, 0.15) is 0 Å².